The summed E-state index contributed by atoms with van der Waals surface area (Å²) in [5.74, 6) is 2.83. The number of para-hydroxylation sites is 2. The van der Waals surface area contributed by atoms with Crippen LogP contribution in [0.2, 0.25) is 0 Å². The summed E-state index contributed by atoms with van der Waals surface area (Å²) in [6, 6.07) is 16.6. The molecule has 0 spiro atoms. The Morgan fingerprint density at radius 3 is 2.59 bits per heavy atom. The fourth-order valence-electron chi connectivity index (χ4n) is 3.51. The Bertz CT molecular complexity index is 659. The second kappa shape index (κ2) is 5.99. The van der Waals surface area contributed by atoms with Gasteiger partial charge >= 0.3 is 0 Å². The number of nitrogens with one attached hydrogen (secondary N) is 2. The van der Waals surface area contributed by atoms with Crippen LogP contribution >= 0.6 is 0 Å². The molecule has 2 unspecified atom stereocenters. The zero-order chi connectivity index (χ0) is 14.8. The van der Waals surface area contributed by atoms with E-state index >= 15 is 0 Å². The van der Waals surface area contributed by atoms with Gasteiger partial charge in [-0.3, -0.25) is 0 Å². The molecule has 0 saturated heterocycles. The van der Waals surface area contributed by atoms with Gasteiger partial charge in [-0.2, -0.15) is 11.0 Å². The zero-order valence-corrected chi connectivity index (χ0v) is 12.4. The molecular weight excluding hydrogens is 276 g/mol. The van der Waals surface area contributed by atoms with Gasteiger partial charge in [0.1, 0.15) is 5.75 Å². The van der Waals surface area contributed by atoms with Crippen LogP contribution in [0, 0.1) is 5.92 Å². The average molecular weight is 296 g/mol. The van der Waals surface area contributed by atoms with E-state index in [4.69, 9.17) is 9.68 Å². The van der Waals surface area contributed by atoms with Crippen molar-refractivity contribution in [2.75, 3.05) is 13.1 Å². The minimum Gasteiger partial charge on any atom is -0.408 e. The standard InChI is InChI=1S/C18H20N2O2/c1-3-7-17-13(5-1)11-14(12-20-21-17)15-9-10-19-22-18-8-4-2-6-16(15)18/h1-8,14-15,19-20H,9-12H2. The summed E-state index contributed by atoms with van der Waals surface area (Å²) in [7, 11) is 0. The topological polar surface area (TPSA) is 42.5 Å². The predicted octanol–water partition coefficient (Wildman–Crippen LogP) is 2.81. The molecule has 0 fully saturated rings. The Morgan fingerprint density at radius 1 is 0.864 bits per heavy atom. The Hall–Kier alpha value is -2.04. The molecule has 2 N–H and O–H groups in total. The van der Waals surface area contributed by atoms with Gasteiger partial charge < -0.3 is 9.68 Å². The Kier molecular flexibility index (Phi) is 3.70. The van der Waals surface area contributed by atoms with E-state index < -0.39 is 0 Å². The molecule has 4 rings (SSSR count). The summed E-state index contributed by atoms with van der Waals surface area (Å²) in [5, 5.41) is 0. The van der Waals surface area contributed by atoms with Gasteiger partial charge in [0.25, 0.3) is 0 Å². The van der Waals surface area contributed by atoms with Crippen molar-refractivity contribution in [1.82, 2.24) is 11.0 Å². The summed E-state index contributed by atoms with van der Waals surface area (Å²) in [6.45, 7) is 1.70. The average Bonchev–Trinajstić information content (AvgIpc) is 2.90. The van der Waals surface area contributed by atoms with E-state index in [1.165, 1.54) is 11.1 Å². The molecule has 0 bridgehead atoms. The molecule has 2 aromatic carbocycles. The van der Waals surface area contributed by atoms with Gasteiger partial charge in [-0.25, -0.2) is 0 Å². The van der Waals surface area contributed by atoms with Crippen LogP contribution in [0.15, 0.2) is 48.5 Å². The van der Waals surface area contributed by atoms with Crippen molar-refractivity contribution in [2.24, 2.45) is 5.92 Å². The van der Waals surface area contributed by atoms with Crippen molar-refractivity contribution < 1.29 is 9.68 Å². The fraction of sp³-hybridized carbons (Fsp3) is 0.333. The molecule has 0 aliphatic carbocycles. The van der Waals surface area contributed by atoms with Crippen molar-refractivity contribution in [3.8, 4) is 11.5 Å². The summed E-state index contributed by atoms with van der Waals surface area (Å²) >= 11 is 0. The molecule has 2 aromatic rings. The van der Waals surface area contributed by atoms with Crippen LogP contribution in [0.25, 0.3) is 0 Å². The second-order valence-electron chi connectivity index (χ2n) is 5.95. The maximum absolute atomic E-state index is 5.69. The van der Waals surface area contributed by atoms with Crippen LogP contribution in [0.5, 0.6) is 11.5 Å². The molecule has 4 nitrogen and oxygen atoms in total. The number of hydrogen-bond acceptors (Lipinski definition) is 4. The summed E-state index contributed by atoms with van der Waals surface area (Å²) < 4.78 is 0. The van der Waals surface area contributed by atoms with Crippen molar-refractivity contribution in [3.05, 3.63) is 59.7 Å². The fourth-order valence-corrected chi connectivity index (χ4v) is 3.51. The normalized spacial score (nSPS) is 24.0. The lowest BCUT2D eigenvalue weighted by Gasteiger charge is -2.25. The van der Waals surface area contributed by atoms with Gasteiger partial charge in [-0.15, -0.1) is 0 Å². The number of rotatable bonds is 1. The van der Waals surface area contributed by atoms with Gasteiger partial charge in [0.05, 0.1) is 0 Å². The van der Waals surface area contributed by atoms with Gasteiger partial charge in [-0.05, 0) is 42.4 Å². The molecular formula is C18H20N2O2. The Morgan fingerprint density at radius 2 is 1.64 bits per heavy atom. The van der Waals surface area contributed by atoms with E-state index in [2.05, 4.69) is 35.2 Å². The second-order valence-corrected chi connectivity index (χ2v) is 5.95. The van der Waals surface area contributed by atoms with Crippen LogP contribution in [0.1, 0.15) is 23.5 Å². The smallest absolute Gasteiger partial charge is 0.150 e. The summed E-state index contributed by atoms with van der Waals surface area (Å²) in [6.07, 6.45) is 2.08. The monoisotopic (exact) mass is 296 g/mol. The Balaban J connectivity index is 1.67. The van der Waals surface area contributed by atoms with E-state index in [0.29, 0.717) is 11.8 Å². The lowest BCUT2D eigenvalue weighted by molar-refractivity contribution is 0.179. The highest BCUT2D eigenvalue weighted by molar-refractivity contribution is 5.39. The first-order valence-electron chi connectivity index (χ1n) is 7.88. The first-order valence-corrected chi connectivity index (χ1v) is 7.88. The third-order valence-electron chi connectivity index (χ3n) is 4.61. The lowest BCUT2D eigenvalue weighted by Crippen LogP contribution is -2.29. The molecule has 0 aromatic heterocycles. The Labute approximate surface area is 130 Å². The maximum atomic E-state index is 5.69. The van der Waals surface area contributed by atoms with Crippen molar-refractivity contribution in [1.29, 1.82) is 0 Å². The first-order chi connectivity index (χ1) is 10.9. The minimum atomic E-state index is 0.452. The van der Waals surface area contributed by atoms with E-state index in [1.807, 2.05) is 24.3 Å². The van der Waals surface area contributed by atoms with Gasteiger partial charge in [-0.1, -0.05) is 36.4 Å². The number of hydroxylamine groups is 2. The molecule has 2 atom stereocenters. The predicted molar refractivity (Wildman–Crippen MR) is 84.7 cm³/mol. The summed E-state index contributed by atoms with van der Waals surface area (Å²) in [5.41, 5.74) is 8.76. The van der Waals surface area contributed by atoms with E-state index in [0.717, 1.165) is 37.4 Å². The van der Waals surface area contributed by atoms with Crippen LogP contribution in [0.3, 0.4) is 0 Å². The van der Waals surface area contributed by atoms with E-state index in [1.54, 1.807) is 0 Å². The molecule has 2 heterocycles. The summed E-state index contributed by atoms with van der Waals surface area (Å²) in [4.78, 5) is 11.4. The highest BCUT2D eigenvalue weighted by Gasteiger charge is 2.30. The highest BCUT2D eigenvalue weighted by atomic mass is 16.6. The van der Waals surface area contributed by atoms with Crippen LogP contribution in [-0.2, 0) is 6.42 Å². The third-order valence-corrected chi connectivity index (χ3v) is 4.61. The minimum absolute atomic E-state index is 0.452. The van der Waals surface area contributed by atoms with Crippen LogP contribution < -0.4 is 20.6 Å². The van der Waals surface area contributed by atoms with Crippen LogP contribution in [0.4, 0.5) is 0 Å². The largest absolute Gasteiger partial charge is 0.408 e. The molecule has 114 valence electrons. The number of benzene rings is 2. The first kappa shape index (κ1) is 13.6. The molecule has 4 heteroatoms. The van der Waals surface area contributed by atoms with Gasteiger partial charge in [0.15, 0.2) is 5.75 Å². The zero-order valence-electron chi connectivity index (χ0n) is 12.4. The van der Waals surface area contributed by atoms with Gasteiger partial charge in [0, 0.05) is 18.7 Å². The number of hydrogen-bond donors (Lipinski definition) is 2. The van der Waals surface area contributed by atoms with Crippen molar-refractivity contribution in [2.45, 2.75) is 18.8 Å². The highest BCUT2D eigenvalue weighted by Crippen LogP contribution is 2.38. The molecule has 22 heavy (non-hydrogen) atoms. The van der Waals surface area contributed by atoms with E-state index in [9.17, 15) is 0 Å². The molecule has 2 aliphatic rings. The maximum Gasteiger partial charge on any atom is 0.150 e. The number of fused-ring (bicyclic) bond motifs is 2. The molecule has 0 saturated carbocycles. The molecule has 0 radical (unpaired) electrons. The quantitative estimate of drug-likeness (QED) is 0.849. The van der Waals surface area contributed by atoms with Gasteiger partial charge in [0.2, 0.25) is 0 Å². The lowest BCUT2D eigenvalue weighted by atomic mass is 9.80. The SMILES string of the molecule is c1ccc2c(c1)CC(C1CCNOc3ccccc31)CNO2. The van der Waals surface area contributed by atoms with E-state index in [-0.39, 0.29) is 0 Å². The van der Waals surface area contributed by atoms with Crippen molar-refractivity contribution in [3.63, 3.8) is 0 Å². The molecule has 0 amide bonds. The van der Waals surface area contributed by atoms with Crippen molar-refractivity contribution >= 4 is 0 Å². The van der Waals surface area contributed by atoms with Crippen LogP contribution in [-0.4, -0.2) is 13.1 Å². The third kappa shape index (κ3) is 2.56. The molecule has 2 aliphatic heterocycles.